The van der Waals surface area contributed by atoms with Gasteiger partial charge in [-0.25, -0.2) is 0 Å². The molecule has 1 heterocycles. The van der Waals surface area contributed by atoms with Crippen molar-refractivity contribution in [3.05, 3.63) is 23.8 Å². The number of benzene rings is 1. The number of fused-ring (bicyclic) bond motifs is 1. The third kappa shape index (κ3) is 3.03. The van der Waals surface area contributed by atoms with Crippen molar-refractivity contribution in [3.63, 3.8) is 0 Å². The third-order valence-corrected chi connectivity index (χ3v) is 4.99. The Morgan fingerprint density at radius 1 is 1.10 bits per heavy atom. The van der Waals surface area contributed by atoms with Gasteiger partial charge >= 0.3 is 0 Å². The maximum atomic E-state index is 10.8. The average Bonchev–Trinajstić information content (AvgIpc) is 2.69. The van der Waals surface area contributed by atoms with E-state index in [1.807, 2.05) is 18.2 Å². The third-order valence-electron chi connectivity index (χ3n) is 4.99. The lowest BCUT2D eigenvalue weighted by atomic mass is 9.70. The van der Waals surface area contributed by atoms with Crippen molar-refractivity contribution in [3.8, 4) is 11.5 Å². The first-order valence-corrected chi connectivity index (χ1v) is 8.16. The molecule has 1 aromatic carbocycles. The summed E-state index contributed by atoms with van der Waals surface area (Å²) >= 11 is 0. The monoisotopic (exact) mass is 290 g/mol. The molecule has 0 amide bonds. The van der Waals surface area contributed by atoms with Gasteiger partial charge in [0.1, 0.15) is 0 Å². The lowest BCUT2D eigenvalue weighted by Crippen LogP contribution is -2.28. The Kier molecular flexibility index (Phi) is 4.12. The van der Waals surface area contributed by atoms with Crippen LogP contribution in [0, 0.1) is 11.3 Å². The standard InChI is InChI=1S/C18H26O3/c1-13-11-20-15-7-6-14(10-16(15)21-12-13)17(19)18(2)8-4-3-5-9-18/h6-7,10,13,17,19H,3-5,8-9,11-12H2,1-2H3. The molecule has 116 valence electrons. The predicted octanol–water partition coefficient (Wildman–Crippen LogP) is 4.10. The van der Waals surface area contributed by atoms with E-state index in [-0.39, 0.29) is 5.41 Å². The zero-order valence-electron chi connectivity index (χ0n) is 13.1. The number of aliphatic hydroxyl groups is 1. The van der Waals surface area contributed by atoms with Crippen molar-refractivity contribution in [2.24, 2.45) is 11.3 Å². The van der Waals surface area contributed by atoms with E-state index in [2.05, 4.69) is 13.8 Å². The van der Waals surface area contributed by atoms with Crippen LogP contribution in [0.4, 0.5) is 0 Å². The highest BCUT2D eigenvalue weighted by Gasteiger charge is 2.35. The summed E-state index contributed by atoms with van der Waals surface area (Å²) in [5, 5.41) is 10.8. The molecule has 0 spiro atoms. The number of rotatable bonds is 2. The van der Waals surface area contributed by atoms with Gasteiger partial charge in [0.25, 0.3) is 0 Å². The smallest absolute Gasteiger partial charge is 0.161 e. The molecule has 1 aliphatic carbocycles. The Labute approximate surface area is 127 Å². The maximum Gasteiger partial charge on any atom is 0.161 e. The van der Waals surface area contributed by atoms with Gasteiger partial charge in [-0.3, -0.25) is 0 Å². The van der Waals surface area contributed by atoms with Gasteiger partial charge in [0, 0.05) is 5.92 Å². The molecule has 0 aromatic heterocycles. The van der Waals surface area contributed by atoms with Crippen molar-refractivity contribution in [1.82, 2.24) is 0 Å². The zero-order valence-corrected chi connectivity index (χ0v) is 13.1. The first-order chi connectivity index (χ1) is 10.1. The van der Waals surface area contributed by atoms with Crippen LogP contribution in [-0.2, 0) is 0 Å². The molecule has 1 fully saturated rings. The van der Waals surface area contributed by atoms with Gasteiger partial charge in [-0.2, -0.15) is 0 Å². The zero-order chi connectivity index (χ0) is 14.9. The fourth-order valence-electron chi connectivity index (χ4n) is 3.47. The first-order valence-electron chi connectivity index (χ1n) is 8.16. The molecule has 0 bridgehead atoms. The quantitative estimate of drug-likeness (QED) is 0.891. The normalized spacial score (nSPS) is 26.0. The van der Waals surface area contributed by atoms with Crippen LogP contribution < -0.4 is 9.47 Å². The van der Waals surface area contributed by atoms with Crippen LogP contribution in [0.5, 0.6) is 11.5 Å². The number of aliphatic hydroxyl groups excluding tert-OH is 1. The van der Waals surface area contributed by atoms with E-state index in [4.69, 9.17) is 9.47 Å². The molecule has 3 rings (SSSR count). The number of ether oxygens (including phenoxy) is 2. The number of hydrogen-bond donors (Lipinski definition) is 1. The summed E-state index contributed by atoms with van der Waals surface area (Å²) in [6, 6.07) is 5.90. The van der Waals surface area contributed by atoms with Crippen LogP contribution in [0.3, 0.4) is 0 Å². The summed E-state index contributed by atoms with van der Waals surface area (Å²) in [6.07, 6.45) is 5.50. The summed E-state index contributed by atoms with van der Waals surface area (Å²) in [4.78, 5) is 0. The minimum Gasteiger partial charge on any atom is -0.489 e. The fraction of sp³-hybridized carbons (Fsp3) is 0.667. The van der Waals surface area contributed by atoms with E-state index >= 15 is 0 Å². The molecule has 1 aromatic rings. The van der Waals surface area contributed by atoms with Gasteiger partial charge in [-0.1, -0.05) is 39.2 Å². The van der Waals surface area contributed by atoms with Crippen LogP contribution in [0.2, 0.25) is 0 Å². The lowest BCUT2D eigenvalue weighted by molar-refractivity contribution is 0.00802. The fourth-order valence-corrected chi connectivity index (χ4v) is 3.47. The SMILES string of the molecule is CC1COc2ccc(C(O)C3(C)CCCCC3)cc2OC1. The largest absolute Gasteiger partial charge is 0.489 e. The molecule has 3 heteroatoms. The van der Waals surface area contributed by atoms with Crippen molar-refractivity contribution >= 4 is 0 Å². The Hall–Kier alpha value is -1.22. The summed E-state index contributed by atoms with van der Waals surface area (Å²) < 4.78 is 11.6. The second kappa shape index (κ2) is 5.88. The molecule has 2 unspecified atom stereocenters. The summed E-state index contributed by atoms with van der Waals surface area (Å²) in [6.45, 7) is 5.68. The molecule has 1 aliphatic heterocycles. The van der Waals surface area contributed by atoms with E-state index < -0.39 is 6.10 Å². The molecule has 0 saturated heterocycles. The van der Waals surface area contributed by atoms with E-state index in [9.17, 15) is 5.11 Å². The number of hydrogen-bond acceptors (Lipinski definition) is 3. The van der Waals surface area contributed by atoms with Gasteiger partial charge in [0.2, 0.25) is 0 Å². The second-order valence-corrected chi connectivity index (χ2v) is 7.05. The van der Waals surface area contributed by atoms with E-state index in [1.165, 1.54) is 19.3 Å². The molecule has 21 heavy (non-hydrogen) atoms. The van der Waals surface area contributed by atoms with Gasteiger partial charge in [0.05, 0.1) is 19.3 Å². The van der Waals surface area contributed by atoms with E-state index in [1.54, 1.807) is 0 Å². The molecule has 1 N–H and O–H groups in total. The summed E-state index contributed by atoms with van der Waals surface area (Å²) in [5.41, 5.74) is 0.946. The highest BCUT2D eigenvalue weighted by molar-refractivity contribution is 5.44. The Morgan fingerprint density at radius 2 is 1.76 bits per heavy atom. The van der Waals surface area contributed by atoms with Crippen molar-refractivity contribution in [1.29, 1.82) is 0 Å². The summed E-state index contributed by atoms with van der Waals surface area (Å²) in [7, 11) is 0. The maximum absolute atomic E-state index is 10.8. The Morgan fingerprint density at radius 3 is 2.48 bits per heavy atom. The van der Waals surface area contributed by atoms with E-state index in [0.717, 1.165) is 29.9 Å². The van der Waals surface area contributed by atoms with Gasteiger partial charge < -0.3 is 14.6 Å². The molecule has 1 saturated carbocycles. The highest BCUT2D eigenvalue weighted by atomic mass is 16.5. The molecule has 2 aliphatic rings. The minimum atomic E-state index is -0.424. The van der Waals surface area contributed by atoms with Gasteiger partial charge in [-0.15, -0.1) is 0 Å². The van der Waals surface area contributed by atoms with Crippen LogP contribution in [0.15, 0.2) is 18.2 Å². The van der Waals surface area contributed by atoms with Crippen molar-refractivity contribution in [2.45, 2.75) is 52.1 Å². The molecule has 2 atom stereocenters. The second-order valence-electron chi connectivity index (χ2n) is 7.05. The molecular weight excluding hydrogens is 264 g/mol. The average molecular weight is 290 g/mol. The van der Waals surface area contributed by atoms with Crippen molar-refractivity contribution in [2.75, 3.05) is 13.2 Å². The van der Waals surface area contributed by atoms with Crippen LogP contribution in [-0.4, -0.2) is 18.3 Å². The molecule has 3 nitrogen and oxygen atoms in total. The molecular formula is C18H26O3. The highest BCUT2D eigenvalue weighted by Crippen LogP contribution is 2.46. The van der Waals surface area contributed by atoms with E-state index in [0.29, 0.717) is 19.1 Å². The predicted molar refractivity (Wildman–Crippen MR) is 82.7 cm³/mol. The molecule has 0 radical (unpaired) electrons. The van der Waals surface area contributed by atoms with Crippen molar-refractivity contribution < 1.29 is 14.6 Å². The lowest BCUT2D eigenvalue weighted by Gasteiger charge is -2.38. The van der Waals surface area contributed by atoms with Crippen LogP contribution >= 0.6 is 0 Å². The Bertz CT molecular complexity index is 491. The first kappa shape index (κ1) is 14.7. The minimum absolute atomic E-state index is 0.00857. The van der Waals surface area contributed by atoms with Crippen LogP contribution in [0.1, 0.15) is 57.6 Å². The summed E-state index contributed by atoms with van der Waals surface area (Å²) in [5.74, 6) is 1.96. The topological polar surface area (TPSA) is 38.7 Å². The van der Waals surface area contributed by atoms with Gasteiger partial charge in [0.15, 0.2) is 11.5 Å². The van der Waals surface area contributed by atoms with Crippen LogP contribution in [0.25, 0.3) is 0 Å². The Balaban J connectivity index is 1.83. The van der Waals surface area contributed by atoms with Gasteiger partial charge in [-0.05, 0) is 36.0 Å².